The normalized spacial score (nSPS) is 11.9. The van der Waals surface area contributed by atoms with E-state index >= 15 is 0 Å². The molecule has 0 bridgehead atoms. The highest BCUT2D eigenvalue weighted by molar-refractivity contribution is 8.01. The fraction of sp³-hybridized carbons (Fsp3) is 0.240. The lowest BCUT2D eigenvalue weighted by Crippen LogP contribution is -2.27. The third-order valence-corrected chi connectivity index (χ3v) is 6.46. The topological polar surface area (TPSA) is 68.0 Å². The van der Waals surface area contributed by atoms with Crippen LogP contribution >= 0.6 is 11.8 Å². The molecule has 5 nitrogen and oxygen atoms in total. The zero-order chi connectivity index (χ0) is 22.2. The molecule has 1 heterocycles. The maximum atomic E-state index is 11.8. The number of rotatable bonds is 6. The maximum Gasteiger partial charge on any atom is 0.319 e. The summed E-state index contributed by atoms with van der Waals surface area (Å²) >= 11 is 1.20. The van der Waals surface area contributed by atoms with Crippen LogP contribution in [-0.2, 0) is 4.79 Å². The number of benzene rings is 3. The largest absolute Gasteiger partial charge is 0.480 e. The molecule has 31 heavy (non-hydrogen) atoms. The average molecular weight is 432 g/mol. The van der Waals surface area contributed by atoms with E-state index in [4.69, 9.17) is 0 Å². The van der Waals surface area contributed by atoms with E-state index in [1.807, 2.05) is 47.0 Å². The molecule has 1 aromatic heterocycles. The lowest BCUT2D eigenvalue weighted by molar-refractivity contribution is -0.138. The molecular weight excluding hydrogens is 406 g/mol. The highest BCUT2D eigenvalue weighted by Crippen LogP contribution is 2.38. The summed E-state index contributed by atoms with van der Waals surface area (Å²) in [6, 6.07) is 22.4. The lowest BCUT2D eigenvalue weighted by atomic mass is 9.95. The molecule has 158 valence electrons. The van der Waals surface area contributed by atoms with E-state index in [9.17, 15) is 9.90 Å². The van der Waals surface area contributed by atoms with Crippen molar-refractivity contribution in [3.05, 3.63) is 72.3 Å². The second-order valence-electron chi connectivity index (χ2n) is 8.30. The number of aromatic nitrogens is 3. The van der Waals surface area contributed by atoms with E-state index in [1.165, 1.54) is 22.7 Å². The first-order chi connectivity index (χ1) is 14.8. The quantitative estimate of drug-likeness (QED) is 0.370. The van der Waals surface area contributed by atoms with Crippen molar-refractivity contribution in [2.45, 2.75) is 43.5 Å². The molecule has 0 saturated carbocycles. The minimum atomic E-state index is -1.05. The number of carboxylic acid groups (broad SMARTS) is 1. The minimum Gasteiger partial charge on any atom is -0.480 e. The van der Waals surface area contributed by atoms with Crippen LogP contribution in [0.4, 0.5) is 0 Å². The van der Waals surface area contributed by atoms with Gasteiger partial charge >= 0.3 is 5.97 Å². The Balaban J connectivity index is 2.00. The van der Waals surface area contributed by atoms with E-state index in [0.717, 1.165) is 16.6 Å². The van der Waals surface area contributed by atoms with Crippen LogP contribution in [0, 0.1) is 0 Å². The highest BCUT2D eigenvalue weighted by atomic mass is 32.2. The predicted molar refractivity (Wildman–Crippen MR) is 126 cm³/mol. The van der Waals surface area contributed by atoms with Crippen LogP contribution in [0.3, 0.4) is 0 Å². The Morgan fingerprint density at radius 1 is 0.935 bits per heavy atom. The van der Waals surface area contributed by atoms with Crippen molar-refractivity contribution in [1.29, 1.82) is 0 Å². The number of hydrogen-bond acceptors (Lipinski definition) is 4. The summed E-state index contributed by atoms with van der Waals surface area (Å²) in [7, 11) is 0. The number of fused-ring (bicyclic) bond motifs is 1. The van der Waals surface area contributed by atoms with Gasteiger partial charge in [-0.2, -0.15) is 0 Å². The summed E-state index contributed by atoms with van der Waals surface area (Å²) in [5.74, 6) is 0.174. The van der Waals surface area contributed by atoms with E-state index in [1.54, 1.807) is 13.8 Å². The van der Waals surface area contributed by atoms with Crippen molar-refractivity contribution in [1.82, 2.24) is 14.8 Å². The van der Waals surface area contributed by atoms with Gasteiger partial charge in [-0.15, -0.1) is 10.2 Å². The SMILES string of the molecule is CC(C)c1ccc(-n2c(SC(C)(C)C(=O)O)nnc2-c2ccccc2)c2ccccc12. The van der Waals surface area contributed by atoms with Gasteiger partial charge in [0, 0.05) is 10.9 Å². The van der Waals surface area contributed by atoms with Crippen molar-refractivity contribution < 1.29 is 9.90 Å². The Hall–Kier alpha value is -3.12. The molecule has 0 aliphatic rings. The minimum absolute atomic E-state index is 0.383. The first kappa shape index (κ1) is 21.1. The molecule has 0 aliphatic heterocycles. The summed E-state index contributed by atoms with van der Waals surface area (Å²) < 4.78 is 0.934. The van der Waals surface area contributed by atoms with Crippen LogP contribution in [0.15, 0.2) is 71.9 Å². The van der Waals surface area contributed by atoms with Gasteiger partial charge in [-0.1, -0.05) is 86.3 Å². The summed E-state index contributed by atoms with van der Waals surface area (Å²) in [5, 5.41) is 21.4. The van der Waals surface area contributed by atoms with Crippen LogP contribution in [0.2, 0.25) is 0 Å². The van der Waals surface area contributed by atoms with Gasteiger partial charge in [0.1, 0.15) is 4.75 Å². The van der Waals surface area contributed by atoms with Gasteiger partial charge in [-0.25, -0.2) is 0 Å². The van der Waals surface area contributed by atoms with E-state index in [0.29, 0.717) is 16.9 Å². The Kier molecular flexibility index (Phi) is 5.58. The molecule has 0 radical (unpaired) electrons. The average Bonchev–Trinajstić information content (AvgIpc) is 3.15. The number of carboxylic acids is 1. The standard InChI is InChI=1S/C25H25N3O2S/c1-16(2)18-14-15-21(20-13-9-8-12-19(18)20)28-22(17-10-6-5-7-11-17)26-27-24(28)31-25(3,4)23(29)30/h5-16H,1-4H3,(H,29,30). The van der Waals surface area contributed by atoms with Gasteiger partial charge < -0.3 is 5.11 Å². The molecule has 4 aromatic rings. The molecule has 0 saturated heterocycles. The lowest BCUT2D eigenvalue weighted by Gasteiger charge is -2.20. The van der Waals surface area contributed by atoms with Crippen LogP contribution < -0.4 is 0 Å². The van der Waals surface area contributed by atoms with Crippen molar-refractivity contribution in [2.24, 2.45) is 0 Å². The molecule has 3 aromatic carbocycles. The van der Waals surface area contributed by atoms with Crippen molar-refractivity contribution in [2.75, 3.05) is 0 Å². The van der Waals surface area contributed by atoms with Crippen LogP contribution in [-0.4, -0.2) is 30.6 Å². The number of thioether (sulfide) groups is 1. The summed E-state index contributed by atoms with van der Waals surface area (Å²) in [5.41, 5.74) is 3.13. The monoisotopic (exact) mass is 431 g/mol. The van der Waals surface area contributed by atoms with Crippen LogP contribution in [0.25, 0.3) is 27.8 Å². The zero-order valence-corrected chi connectivity index (χ0v) is 18.9. The van der Waals surface area contributed by atoms with E-state index < -0.39 is 10.7 Å². The Bertz CT molecular complexity index is 1250. The second-order valence-corrected chi connectivity index (χ2v) is 9.89. The van der Waals surface area contributed by atoms with Crippen molar-refractivity contribution >= 4 is 28.5 Å². The number of carbonyl (C=O) groups is 1. The Morgan fingerprint density at radius 2 is 1.58 bits per heavy atom. The van der Waals surface area contributed by atoms with Crippen molar-refractivity contribution in [3.8, 4) is 17.1 Å². The molecule has 4 rings (SSSR count). The fourth-order valence-corrected chi connectivity index (χ4v) is 4.51. The molecule has 0 unspecified atom stereocenters. The zero-order valence-electron chi connectivity index (χ0n) is 18.0. The molecular formula is C25H25N3O2S. The first-order valence-electron chi connectivity index (χ1n) is 10.2. The van der Waals surface area contributed by atoms with Gasteiger partial charge in [-0.3, -0.25) is 9.36 Å². The number of aliphatic carboxylic acids is 1. The predicted octanol–water partition coefficient (Wildman–Crippen LogP) is 6.17. The molecule has 0 spiro atoms. The number of hydrogen-bond donors (Lipinski definition) is 1. The van der Waals surface area contributed by atoms with Gasteiger partial charge in [-0.05, 0) is 36.8 Å². The number of nitrogens with zero attached hydrogens (tertiary/aromatic N) is 3. The fourth-order valence-electron chi connectivity index (χ4n) is 3.60. The molecule has 0 atom stereocenters. The Morgan fingerprint density at radius 3 is 2.23 bits per heavy atom. The maximum absolute atomic E-state index is 11.8. The van der Waals surface area contributed by atoms with Crippen LogP contribution in [0.1, 0.15) is 39.2 Å². The van der Waals surface area contributed by atoms with Gasteiger partial charge in [0.2, 0.25) is 0 Å². The van der Waals surface area contributed by atoms with Gasteiger partial charge in [0.15, 0.2) is 11.0 Å². The Labute approximate surface area is 186 Å². The molecule has 0 amide bonds. The van der Waals surface area contributed by atoms with E-state index in [2.05, 4.69) is 48.3 Å². The third-order valence-electron chi connectivity index (χ3n) is 5.32. The van der Waals surface area contributed by atoms with E-state index in [-0.39, 0.29) is 0 Å². The summed E-state index contributed by atoms with van der Waals surface area (Å²) in [4.78, 5) is 11.8. The van der Waals surface area contributed by atoms with Crippen molar-refractivity contribution in [3.63, 3.8) is 0 Å². The molecule has 1 N–H and O–H groups in total. The molecule has 0 aliphatic carbocycles. The smallest absolute Gasteiger partial charge is 0.319 e. The van der Waals surface area contributed by atoms with Gasteiger partial charge in [0.05, 0.1) is 5.69 Å². The molecule has 0 fully saturated rings. The third kappa shape index (κ3) is 3.95. The van der Waals surface area contributed by atoms with Gasteiger partial charge in [0.25, 0.3) is 0 Å². The second kappa shape index (κ2) is 8.19. The summed E-state index contributed by atoms with van der Waals surface area (Å²) in [6.07, 6.45) is 0. The summed E-state index contributed by atoms with van der Waals surface area (Å²) in [6.45, 7) is 7.74. The first-order valence-corrected chi connectivity index (χ1v) is 11.1. The van der Waals surface area contributed by atoms with Crippen LogP contribution in [0.5, 0.6) is 0 Å². The highest BCUT2D eigenvalue weighted by Gasteiger charge is 2.32. The molecule has 6 heteroatoms.